The first-order valence-corrected chi connectivity index (χ1v) is 7.48. The van der Waals surface area contributed by atoms with Crippen LogP contribution >= 0.6 is 24.0 Å². The molecule has 0 saturated heterocycles. The Balaban J connectivity index is 0.00000324. The van der Waals surface area contributed by atoms with Crippen LogP contribution in [0.25, 0.3) is 0 Å². The van der Waals surface area contributed by atoms with E-state index in [-0.39, 0.29) is 24.0 Å². The number of ether oxygens (including phenoxy) is 1. The largest absolute Gasteiger partial charge is 0.376 e. The van der Waals surface area contributed by atoms with E-state index in [1.165, 1.54) is 38.5 Å². The molecule has 1 saturated carbocycles. The molecule has 1 aliphatic carbocycles. The normalized spacial score (nSPS) is 17.6. The highest BCUT2D eigenvalue weighted by atomic mass is 127. The second-order valence-corrected chi connectivity index (χ2v) is 5.03. The van der Waals surface area contributed by atoms with Crippen LogP contribution in [0, 0.1) is 0 Å². The van der Waals surface area contributed by atoms with Crippen LogP contribution in [0.5, 0.6) is 0 Å². The fraction of sp³-hybridized carbons (Fsp3) is 0.929. The van der Waals surface area contributed by atoms with E-state index < -0.39 is 0 Å². The van der Waals surface area contributed by atoms with Crippen molar-refractivity contribution >= 4 is 29.9 Å². The number of rotatable bonds is 7. The summed E-state index contributed by atoms with van der Waals surface area (Å²) in [5.41, 5.74) is 5.74. The first-order chi connectivity index (χ1) is 8.83. The van der Waals surface area contributed by atoms with Gasteiger partial charge in [-0.1, -0.05) is 39.0 Å². The van der Waals surface area contributed by atoms with Crippen LogP contribution in [0.2, 0.25) is 0 Å². The van der Waals surface area contributed by atoms with E-state index in [2.05, 4.69) is 17.2 Å². The topological polar surface area (TPSA) is 59.6 Å². The molecule has 0 aromatic rings. The van der Waals surface area contributed by atoms with Crippen LogP contribution in [-0.4, -0.2) is 31.8 Å². The Morgan fingerprint density at radius 2 is 1.95 bits per heavy atom. The van der Waals surface area contributed by atoms with Crippen molar-refractivity contribution in [3.8, 4) is 0 Å². The van der Waals surface area contributed by atoms with Gasteiger partial charge < -0.3 is 15.8 Å². The molecule has 0 spiro atoms. The number of guanidine groups is 1. The molecule has 0 aromatic carbocycles. The van der Waals surface area contributed by atoms with Gasteiger partial charge in [-0.2, -0.15) is 0 Å². The van der Waals surface area contributed by atoms with Gasteiger partial charge >= 0.3 is 0 Å². The number of aliphatic imine (C=N–C) groups is 1. The van der Waals surface area contributed by atoms with Crippen LogP contribution in [0.1, 0.15) is 58.3 Å². The van der Waals surface area contributed by atoms with E-state index in [4.69, 9.17) is 10.5 Å². The summed E-state index contributed by atoms with van der Waals surface area (Å²) in [4.78, 5) is 4.24. The molecule has 114 valence electrons. The molecule has 0 aromatic heterocycles. The molecule has 0 radical (unpaired) electrons. The molecule has 19 heavy (non-hydrogen) atoms. The number of hydrogen-bond donors (Lipinski definition) is 2. The molecule has 3 N–H and O–H groups in total. The summed E-state index contributed by atoms with van der Waals surface area (Å²) in [5.74, 6) is 0.549. The van der Waals surface area contributed by atoms with Gasteiger partial charge in [0.2, 0.25) is 0 Å². The molecule has 4 nitrogen and oxygen atoms in total. The van der Waals surface area contributed by atoms with E-state index in [9.17, 15) is 0 Å². The third-order valence-corrected chi connectivity index (χ3v) is 3.36. The first kappa shape index (κ1) is 19.0. The van der Waals surface area contributed by atoms with Gasteiger partial charge in [-0.15, -0.1) is 24.0 Å². The molecule has 0 heterocycles. The minimum atomic E-state index is 0. The van der Waals surface area contributed by atoms with Gasteiger partial charge in [0.15, 0.2) is 5.96 Å². The predicted molar refractivity (Wildman–Crippen MR) is 92.3 cm³/mol. The highest BCUT2D eigenvalue weighted by molar-refractivity contribution is 14.0. The zero-order valence-electron chi connectivity index (χ0n) is 12.2. The molecule has 1 aliphatic rings. The lowest BCUT2D eigenvalue weighted by molar-refractivity contribution is 0.0468. The van der Waals surface area contributed by atoms with E-state index >= 15 is 0 Å². The maximum absolute atomic E-state index is 5.87. The molecular weight excluding hydrogens is 353 g/mol. The SMILES string of the molecule is CCCCN=C(N)NCCOC1CCCCCC1.I. The summed E-state index contributed by atoms with van der Waals surface area (Å²) in [7, 11) is 0. The summed E-state index contributed by atoms with van der Waals surface area (Å²) < 4.78 is 5.87. The van der Waals surface area contributed by atoms with E-state index in [1.54, 1.807) is 0 Å². The summed E-state index contributed by atoms with van der Waals surface area (Å²) in [6.07, 6.45) is 10.5. The van der Waals surface area contributed by atoms with Crippen molar-refractivity contribution in [2.45, 2.75) is 64.4 Å². The van der Waals surface area contributed by atoms with Gasteiger partial charge in [-0.25, -0.2) is 0 Å². The third-order valence-electron chi connectivity index (χ3n) is 3.36. The van der Waals surface area contributed by atoms with Gasteiger partial charge in [0.1, 0.15) is 0 Å². The fourth-order valence-electron chi connectivity index (χ4n) is 2.23. The lowest BCUT2D eigenvalue weighted by Crippen LogP contribution is -2.35. The Hall–Kier alpha value is -0.0400. The number of nitrogens with two attached hydrogens (primary N) is 1. The van der Waals surface area contributed by atoms with Gasteiger partial charge in [0.05, 0.1) is 12.7 Å². The van der Waals surface area contributed by atoms with E-state index in [0.717, 1.165) is 32.5 Å². The lowest BCUT2D eigenvalue weighted by Gasteiger charge is -2.15. The summed E-state index contributed by atoms with van der Waals surface area (Å²) in [6, 6.07) is 0. The number of nitrogens with zero attached hydrogens (tertiary/aromatic N) is 1. The third kappa shape index (κ3) is 10.4. The molecule has 0 atom stereocenters. The first-order valence-electron chi connectivity index (χ1n) is 7.48. The zero-order valence-corrected chi connectivity index (χ0v) is 14.5. The lowest BCUT2D eigenvalue weighted by atomic mass is 10.1. The molecule has 1 fully saturated rings. The Bertz CT molecular complexity index is 229. The summed E-state index contributed by atoms with van der Waals surface area (Å²) in [5, 5.41) is 3.10. The molecular formula is C14H30IN3O. The monoisotopic (exact) mass is 383 g/mol. The average molecular weight is 383 g/mol. The molecule has 1 rings (SSSR count). The van der Waals surface area contributed by atoms with E-state index in [1.807, 2.05) is 0 Å². The van der Waals surface area contributed by atoms with Crippen molar-refractivity contribution in [2.75, 3.05) is 19.7 Å². The molecule has 5 heteroatoms. The van der Waals surface area contributed by atoms with Crippen LogP contribution in [-0.2, 0) is 4.74 Å². The Kier molecular flexibility index (Phi) is 12.9. The number of nitrogens with one attached hydrogen (secondary N) is 1. The highest BCUT2D eigenvalue weighted by Crippen LogP contribution is 2.19. The Morgan fingerprint density at radius 1 is 1.26 bits per heavy atom. The second kappa shape index (κ2) is 13.0. The van der Waals surface area contributed by atoms with Gasteiger partial charge in [-0.3, -0.25) is 4.99 Å². The van der Waals surface area contributed by atoms with Crippen molar-refractivity contribution in [2.24, 2.45) is 10.7 Å². The average Bonchev–Trinajstić information content (AvgIpc) is 2.63. The van der Waals surface area contributed by atoms with Gasteiger partial charge in [-0.05, 0) is 19.3 Å². The van der Waals surface area contributed by atoms with Crippen molar-refractivity contribution in [3.05, 3.63) is 0 Å². The smallest absolute Gasteiger partial charge is 0.188 e. The van der Waals surface area contributed by atoms with E-state index in [0.29, 0.717) is 12.1 Å². The van der Waals surface area contributed by atoms with Crippen LogP contribution in [0.4, 0.5) is 0 Å². The molecule has 0 amide bonds. The van der Waals surface area contributed by atoms with Crippen molar-refractivity contribution in [1.29, 1.82) is 0 Å². The minimum Gasteiger partial charge on any atom is -0.376 e. The fourth-order valence-corrected chi connectivity index (χ4v) is 2.23. The van der Waals surface area contributed by atoms with Crippen LogP contribution in [0.3, 0.4) is 0 Å². The number of halogens is 1. The van der Waals surface area contributed by atoms with Gasteiger partial charge in [0, 0.05) is 13.1 Å². The summed E-state index contributed by atoms with van der Waals surface area (Å²) in [6.45, 7) is 4.46. The minimum absolute atomic E-state index is 0. The Labute approximate surface area is 135 Å². The maximum atomic E-state index is 5.87. The molecule has 0 unspecified atom stereocenters. The second-order valence-electron chi connectivity index (χ2n) is 5.03. The standard InChI is InChI=1S/C14H29N3O.HI/c1-2-3-10-16-14(15)17-11-12-18-13-8-6-4-5-7-9-13;/h13H,2-12H2,1H3,(H3,15,16,17);1H. The molecule has 0 bridgehead atoms. The van der Waals surface area contributed by atoms with Crippen LogP contribution < -0.4 is 11.1 Å². The quantitative estimate of drug-likeness (QED) is 0.234. The highest BCUT2D eigenvalue weighted by Gasteiger charge is 2.11. The Morgan fingerprint density at radius 3 is 2.58 bits per heavy atom. The van der Waals surface area contributed by atoms with Crippen LogP contribution in [0.15, 0.2) is 4.99 Å². The predicted octanol–water partition coefficient (Wildman–Crippen LogP) is 3.05. The summed E-state index contributed by atoms with van der Waals surface area (Å²) >= 11 is 0. The van der Waals surface area contributed by atoms with Crippen molar-refractivity contribution < 1.29 is 4.74 Å². The van der Waals surface area contributed by atoms with Crippen molar-refractivity contribution in [3.63, 3.8) is 0 Å². The maximum Gasteiger partial charge on any atom is 0.188 e. The molecule has 0 aliphatic heterocycles. The number of unbranched alkanes of at least 4 members (excludes halogenated alkanes) is 1. The van der Waals surface area contributed by atoms with Gasteiger partial charge in [0.25, 0.3) is 0 Å². The zero-order chi connectivity index (χ0) is 13.1. The number of hydrogen-bond acceptors (Lipinski definition) is 2. The van der Waals surface area contributed by atoms with Crippen molar-refractivity contribution in [1.82, 2.24) is 5.32 Å².